The van der Waals surface area contributed by atoms with Crippen LogP contribution in [0, 0.1) is 11.8 Å². The van der Waals surface area contributed by atoms with Crippen molar-refractivity contribution in [3.05, 3.63) is 0 Å². The quantitative estimate of drug-likeness (QED) is 0.707. The third kappa shape index (κ3) is 3.08. The van der Waals surface area contributed by atoms with Crippen molar-refractivity contribution in [1.82, 2.24) is 9.80 Å². The highest BCUT2D eigenvalue weighted by molar-refractivity contribution is 4.94. The average Bonchev–Trinajstić information content (AvgIpc) is 2.12. The predicted molar refractivity (Wildman–Crippen MR) is 78.9 cm³/mol. The molecule has 2 fully saturated rings. The SMILES string of the molecule is CC(C)(C)N1CCCC(C2CN(C(C)(C)C)C2)C1. The third-order valence-electron chi connectivity index (χ3n) is 4.93. The molecule has 0 aliphatic carbocycles. The summed E-state index contributed by atoms with van der Waals surface area (Å²) < 4.78 is 0. The van der Waals surface area contributed by atoms with Crippen molar-refractivity contribution in [2.45, 2.75) is 65.5 Å². The fourth-order valence-corrected chi connectivity index (χ4v) is 3.36. The lowest BCUT2D eigenvalue weighted by atomic mass is 9.78. The second-order valence-electron chi connectivity index (χ2n) is 8.36. The lowest BCUT2D eigenvalue weighted by Crippen LogP contribution is -2.60. The zero-order valence-electron chi connectivity index (χ0n) is 13.3. The number of hydrogen-bond donors (Lipinski definition) is 0. The number of nitrogens with zero attached hydrogens (tertiary/aromatic N) is 2. The maximum atomic E-state index is 2.70. The van der Waals surface area contributed by atoms with E-state index in [1.165, 1.54) is 39.0 Å². The van der Waals surface area contributed by atoms with Crippen molar-refractivity contribution in [1.29, 1.82) is 0 Å². The Morgan fingerprint density at radius 2 is 1.22 bits per heavy atom. The molecule has 0 amide bonds. The van der Waals surface area contributed by atoms with E-state index < -0.39 is 0 Å². The number of hydrogen-bond acceptors (Lipinski definition) is 2. The van der Waals surface area contributed by atoms with Crippen LogP contribution in [0.5, 0.6) is 0 Å². The molecule has 0 aromatic rings. The Balaban J connectivity index is 1.85. The molecule has 106 valence electrons. The van der Waals surface area contributed by atoms with Crippen LogP contribution >= 0.6 is 0 Å². The fraction of sp³-hybridized carbons (Fsp3) is 1.00. The predicted octanol–water partition coefficient (Wildman–Crippen LogP) is 3.23. The molecule has 0 aromatic heterocycles. The molecule has 1 unspecified atom stereocenters. The first-order valence-corrected chi connectivity index (χ1v) is 7.68. The lowest BCUT2D eigenvalue weighted by Gasteiger charge is -2.53. The van der Waals surface area contributed by atoms with Crippen LogP contribution < -0.4 is 0 Å². The van der Waals surface area contributed by atoms with Gasteiger partial charge in [0.15, 0.2) is 0 Å². The van der Waals surface area contributed by atoms with E-state index in [1.54, 1.807) is 0 Å². The van der Waals surface area contributed by atoms with Gasteiger partial charge in [-0.15, -0.1) is 0 Å². The second-order valence-corrected chi connectivity index (χ2v) is 8.36. The Bertz CT molecular complexity index is 278. The highest BCUT2D eigenvalue weighted by atomic mass is 15.3. The van der Waals surface area contributed by atoms with Crippen molar-refractivity contribution in [3.8, 4) is 0 Å². The van der Waals surface area contributed by atoms with E-state index in [9.17, 15) is 0 Å². The van der Waals surface area contributed by atoms with Gasteiger partial charge in [-0.25, -0.2) is 0 Å². The zero-order chi connectivity index (χ0) is 13.6. The first kappa shape index (κ1) is 14.3. The number of rotatable bonds is 1. The molecule has 0 aromatic carbocycles. The smallest absolute Gasteiger partial charge is 0.0125 e. The summed E-state index contributed by atoms with van der Waals surface area (Å²) in [6.45, 7) is 19.4. The van der Waals surface area contributed by atoms with Gasteiger partial charge in [0.05, 0.1) is 0 Å². The van der Waals surface area contributed by atoms with Crippen LogP contribution in [0.3, 0.4) is 0 Å². The molecule has 1 atom stereocenters. The average molecular weight is 252 g/mol. The van der Waals surface area contributed by atoms with Crippen LogP contribution in [-0.4, -0.2) is 47.1 Å². The molecule has 0 saturated carbocycles. The molecule has 18 heavy (non-hydrogen) atoms. The summed E-state index contributed by atoms with van der Waals surface area (Å²) >= 11 is 0. The van der Waals surface area contributed by atoms with E-state index in [2.05, 4.69) is 51.3 Å². The highest BCUT2D eigenvalue weighted by Gasteiger charge is 2.40. The molecule has 0 bridgehead atoms. The van der Waals surface area contributed by atoms with E-state index in [4.69, 9.17) is 0 Å². The van der Waals surface area contributed by atoms with Crippen LogP contribution in [0.15, 0.2) is 0 Å². The first-order chi connectivity index (χ1) is 8.18. The Hall–Kier alpha value is -0.0800. The van der Waals surface area contributed by atoms with Gasteiger partial charge in [-0.05, 0) is 72.8 Å². The van der Waals surface area contributed by atoms with Crippen molar-refractivity contribution in [2.75, 3.05) is 26.2 Å². The summed E-state index contributed by atoms with van der Waals surface area (Å²) in [6.07, 6.45) is 2.85. The van der Waals surface area contributed by atoms with Crippen molar-refractivity contribution in [3.63, 3.8) is 0 Å². The molecule has 2 aliphatic heterocycles. The van der Waals surface area contributed by atoms with Crippen molar-refractivity contribution >= 4 is 0 Å². The van der Waals surface area contributed by atoms with E-state index in [0.29, 0.717) is 11.1 Å². The minimum absolute atomic E-state index is 0.353. The molecule has 2 nitrogen and oxygen atoms in total. The Labute approximate surface area is 114 Å². The summed E-state index contributed by atoms with van der Waals surface area (Å²) in [5.41, 5.74) is 0.723. The van der Waals surface area contributed by atoms with E-state index >= 15 is 0 Å². The molecule has 2 aliphatic rings. The van der Waals surface area contributed by atoms with Crippen molar-refractivity contribution in [2.24, 2.45) is 11.8 Å². The minimum atomic E-state index is 0.353. The van der Waals surface area contributed by atoms with Gasteiger partial charge in [0.1, 0.15) is 0 Å². The van der Waals surface area contributed by atoms with E-state index in [0.717, 1.165) is 11.8 Å². The van der Waals surface area contributed by atoms with Gasteiger partial charge in [0, 0.05) is 30.7 Å². The molecule has 2 heterocycles. The zero-order valence-corrected chi connectivity index (χ0v) is 13.3. The van der Waals surface area contributed by atoms with E-state index in [1.807, 2.05) is 0 Å². The van der Waals surface area contributed by atoms with Crippen LogP contribution in [0.4, 0.5) is 0 Å². The maximum Gasteiger partial charge on any atom is 0.0125 e. The van der Waals surface area contributed by atoms with Gasteiger partial charge in [-0.3, -0.25) is 9.80 Å². The standard InChI is InChI=1S/C16H32N2/c1-15(2,3)17-9-7-8-13(10-17)14-11-18(12-14)16(4,5)6/h13-14H,7-12H2,1-6H3. The van der Waals surface area contributed by atoms with Crippen LogP contribution in [-0.2, 0) is 0 Å². The second kappa shape index (κ2) is 4.79. The highest BCUT2D eigenvalue weighted by Crippen LogP contribution is 2.35. The minimum Gasteiger partial charge on any atom is -0.298 e. The Morgan fingerprint density at radius 1 is 0.722 bits per heavy atom. The Kier molecular flexibility index (Phi) is 3.81. The topological polar surface area (TPSA) is 6.48 Å². The first-order valence-electron chi connectivity index (χ1n) is 7.68. The normalized spacial score (nSPS) is 29.3. The largest absolute Gasteiger partial charge is 0.298 e. The molecule has 2 heteroatoms. The summed E-state index contributed by atoms with van der Waals surface area (Å²) in [6, 6.07) is 0. The summed E-state index contributed by atoms with van der Waals surface area (Å²) in [4.78, 5) is 5.33. The summed E-state index contributed by atoms with van der Waals surface area (Å²) in [7, 11) is 0. The van der Waals surface area contributed by atoms with Gasteiger partial charge in [-0.2, -0.15) is 0 Å². The van der Waals surface area contributed by atoms with Crippen molar-refractivity contribution < 1.29 is 0 Å². The fourth-order valence-electron chi connectivity index (χ4n) is 3.36. The molecular formula is C16H32N2. The van der Waals surface area contributed by atoms with Crippen LogP contribution in [0.1, 0.15) is 54.4 Å². The molecule has 0 radical (unpaired) electrons. The summed E-state index contributed by atoms with van der Waals surface area (Å²) in [5.74, 6) is 1.89. The number of likely N-dealkylation sites (tertiary alicyclic amines) is 2. The van der Waals surface area contributed by atoms with Gasteiger partial charge < -0.3 is 0 Å². The van der Waals surface area contributed by atoms with Gasteiger partial charge in [-0.1, -0.05) is 0 Å². The molecule has 2 saturated heterocycles. The van der Waals surface area contributed by atoms with Crippen LogP contribution in [0.2, 0.25) is 0 Å². The molecule has 0 spiro atoms. The number of piperidine rings is 1. The van der Waals surface area contributed by atoms with E-state index in [-0.39, 0.29) is 0 Å². The molecular weight excluding hydrogens is 220 g/mol. The van der Waals surface area contributed by atoms with Gasteiger partial charge >= 0.3 is 0 Å². The Morgan fingerprint density at radius 3 is 1.72 bits per heavy atom. The summed E-state index contributed by atoms with van der Waals surface area (Å²) in [5, 5.41) is 0. The monoisotopic (exact) mass is 252 g/mol. The third-order valence-corrected chi connectivity index (χ3v) is 4.93. The molecule has 0 N–H and O–H groups in total. The lowest BCUT2D eigenvalue weighted by molar-refractivity contribution is -0.0412. The van der Waals surface area contributed by atoms with Gasteiger partial charge in [0.25, 0.3) is 0 Å². The molecule has 2 rings (SSSR count). The van der Waals surface area contributed by atoms with Gasteiger partial charge in [0.2, 0.25) is 0 Å². The maximum absolute atomic E-state index is 2.70. The van der Waals surface area contributed by atoms with Crippen LogP contribution in [0.25, 0.3) is 0 Å².